The van der Waals surface area contributed by atoms with Crippen molar-refractivity contribution in [2.24, 2.45) is 5.92 Å². The van der Waals surface area contributed by atoms with Crippen molar-refractivity contribution in [1.82, 2.24) is 4.98 Å². The molecule has 0 aliphatic heterocycles. The molecule has 0 unspecified atom stereocenters. The van der Waals surface area contributed by atoms with Crippen LogP contribution >= 0.6 is 11.6 Å². The first-order valence-corrected chi connectivity index (χ1v) is 6.59. The van der Waals surface area contributed by atoms with Crippen LogP contribution in [0.3, 0.4) is 0 Å². The second-order valence-corrected chi connectivity index (χ2v) is 5.01. The Balaban J connectivity index is 2.35. The summed E-state index contributed by atoms with van der Waals surface area (Å²) >= 11 is 5.75. The Hall–Kier alpha value is -1.33. The van der Waals surface area contributed by atoms with E-state index in [1.165, 1.54) is 12.1 Å². The zero-order chi connectivity index (χ0) is 14.3. The number of halogens is 1. The zero-order valence-corrected chi connectivity index (χ0v) is 11.9. The molecule has 2 N–H and O–H groups in total. The summed E-state index contributed by atoms with van der Waals surface area (Å²) in [5.74, 6) is -0.0259. The Bertz CT molecular complexity index is 424. The lowest BCUT2D eigenvalue weighted by Crippen LogP contribution is -2.10. The SMILES string of the molecule is CC(C)COCCCNc1cc(C(=O)O)cc(Cl)n1. The van der Waals surface area contributed by atoms with E-state index < -0.39 is 5.97 Å². The summed E-state index contributed by atoms with van der Waals surface area (Å²) in [6.07, 6.45) is 0.823. The van der Waals surface area contributed by atoms with Gasteiger partial charge in [0.2, 0.25) is 0 Å². The second-order valence-electron chi connectivity index (χ2n) is 4.62. The van der Waals surface area contributed by atoms with Crippen molar-refractivity contribution >= 4 is 23.4 Å². The van der Waals surface area contributed by atoms with Gasteiger partial charge in [-0.25, -0.2) is 9.78 Å². The predicted octanol–water partition coefficient (Wildman–Crippen LogP) is 2.91. The van der Waals surface area contributed by atoms with E-state index >= 15 is 0 Å². The van der Waals surface area contributed by atoms with Gasteiger partial charge in [-0.3, -0.25) is 0 Å². The Labute approximate surface area is 117 Å². The lowest BCUT2D eigenvalue weighted by Gasteiger charge is -2.08. The number of aromatic nitrogens is 1. The Morgan fingerprint density at radius 2 is 2.26 bits per heavy atom. The summed E-state index contributed by atoms with van der Waals surface area (Å²) in [5, 5.41) is 12.1. The summed E-state index contributed by atoms with van der Waals surface area (Å²) in [4.78, 5) is 14.9. The molecule has 1 rings (SSSR count). The molecule has 0 aliphatic rings. The molecule has 106 valence electrons. The minimum Gasteiger partial charge on any atom is -0.478 e. The Morgan fingerprint density at radius 1 is 1.53 bits per heavy atom. The fourth-order valence-electron chi connectivity index (χ4n) is 1.42. The molecule has 0 saturated carbocycles. The number of rotatable bonds is 8. The van der Waals surface area contributed by atoms with Gasteiger partial charge in [0.05, 0.1) is 5.56 Å². The van der Waals surface area contributed by atoms with Gasteiger partial charge in [0.1, 0.15) is 11.0 Å². The third kappa shape index (κ3) is 6.40. The van der Waals surface area contributed by atoms with Crippen LogP contribution in [0.25, 0.3) is 0 Å². The fraction of sp³-hybridized carbons (Fsp3) is 0.538. The van der Waals surface area contributed by atoms with Crippen molar-refractivity contribution in [2.45, 2.75) is 20.3 Å². The topological polar surface area (TPSA) is 71.5 Å². The molecule has 19 heavy (non-hydrogen) atoms. The molecule has 5 nitrogen and oxygen atoms in total. The molecule has 0 aromatic carbocycles. The van der Waals surface area contributed by atoms with Gasteiger partial charge in [-0.15, -0.1) is 0 Å². The first-order valence-electron chi connectivity index (χ1n) is 6.21. The van der Waals surface area contributed by atoms with E-state index in [2.05, 4.69) is 24.1 Å². The van der Waals surface area contributed by atoms with E-state index in [-0.39, 0.29) is 10.7 Å². The number of carbonyl (C=O) groups is 1. The van der Waals surface area contributed by atoms with Gasteiger partial charge in [-0.2, -0.15) is 0 Å². The maximum absolute atomic E-state index is 10.9. The van der Waals surface area contributed by atoms with Crippen LogP contribution in [0.15, 0.2) is 12.1 Å². The first-order chi connectivity index (χ1) is 8.99. The molecule has 1 aromatic heterocycles. The van der Waals surface area contributed by atoms with Gasteiger partial charge in [0, 0.05) is 19.8 Å². The highest BCUT2D eigenvalue weighted by molar-refractivity contribution is 6.29. The van der Waals surface area contributed by atoms with E-state index in [1.54, 1.807) is 0 Å². The lowest BCUT2D eigenvalue weighted by atomic mass is 10.2. The number of anilines is 1. The number of carboxylic acids is 1. The molecule has 0 amide bonds. The summed E-state index contributed by atoms with van der Waals surface area (Å²) in [5.41, 5.74) is 0.124. The fourth-order valence-corrected chi connectivity index (χ4v) is 1.63. The van der Waals surface area contributed by atoms with Crippen molar-refractivity contribution in [3.05, 3.63) is 22.8 Å². The molecule has 0 atom stereocenters. The maximum Gasteiger partial charge on any atom is 0.335 e. The summed E-state index contributed by atoms with van der Waals surface area (Å²) in [6.45, 7) is 6.27. The smallest absolute Gasteiger partial charge is 0.335 e. The third-order valence-electron chi connectivity index (χ3n) is 2.26. The number of pyridine rings is 1. The molecule has 6 heteroatoms. The summed E-state index contributed by atoms with van der Waals surface area (Å²) in [7, 11) is 0. The Kier molecular flexibility index (Phi) is 6.59. The minimum atomic E-state index is -1.02. The molecule has 0 radical (unpaired) electrons. The van der Waals surface area contributed by atoms with Crippen LogP contribution in [0.5, 0.6) is 0 Å². The number of carboxylic acid groups (broad SMARTS) is 1. The van der Waals surface area contributed by atoms with Crippen molar-refractivity contribution in [3.63, 3.8) is 0 Å². The maximum atomic E-state index is 10.9. The number of nitrogens with zero attached hydrogens (tertiary/aromatic N) is 1. The monoisotopic (exact) mass is 286 g/mol. The number of hydrogen-bond acceptors (Lipinski definition) is 4. The van der Waals surface area contributed by atoms with Gasteiger partial charge in [-0.05, 0) is 24.5 Å². The van der Waals surface area contributed by atoms with E-state index in [1.807, 2.05) is 0 Å². The van der Waals surface area contributed by atoms with E-state index in [9.17, 15) is 4.79 Å². The Morgan fingerprint density at radius 3 is 2.89 bits per heavy atom. The molecular formula is C13H19ClN2O3. The number of aromatic carboxylic acids is 1. The van der Waals surface area contributed by atoms with Crippen LogP contribution < -0.4 is 5.32 Å². The van der Waals surface area contributed by atoms with E-state index in [0.29, 0.717) is 24.9 Å². The van der Waals surface area contributed by atoms with Gasteiger partial charge < -0.3 is 15.2 Å². The quantitative estimate of drug-likeness (QED) is 0.568. The van der Waals surface area contributed by atoms with Crippen LogP contribution in [0.1, 0.15) is 30.6 Å². The third-order valence-corrected chi connectivity index (χ3v) is 2.46. The highest BCUT2D eigenvalue weighted by atomic mass is 35.5. The molecular weight excluding hydrogens is 268 g/mol. The molecule has 1 aromatic rings. The second kappa shape index (κ2) is 7.96. The molecule has 0 saturated heterocycles. The minimum absolute atomic E-state index is 0.124. The average Bonchev–Trinajstić information content (AvgIpc) is 2.32. The number of hydrogen-bond donors (Lipinski definition) is 2. The van der Waals surface area contributed by atoms with Crippen LogP contribution in [-0.4, -0.2) is 35.8 Å². The van der Waals surface area contributed by atoms with Gasteiger partial charge >= 0.3 is 5.97 Å². The lowest BCUT2D eigenvalue weighted by molar-refractivity contribution is 0.0697. The highest BCUT2D eigenvalue weighted by Gasteiger charge is 2.07. The molecule has 0 fully saturated rings. The molecule has 1 heterocycles. The van der Waals surface area contributed by atoms with Gasteiger partial charge in [0.25, 0.3) is 0 Å². The van der Waals surface area contributed by atoms with Crippen molar-refractivity contribution in [1.29, 1.82) is 0 Å². The predicted molar refractivity (Wildman–Crippen MR) is 75.0 cm³/mol. The highest BCUT2D eigenvalue weighted by Crippen LogP contribution is 2.14. The van der Waals surface area contributed by atoms with Gasteiger partial charge in [0.15, 0.2) is 0 Å². The van der Waals surface area contributed by atoms with Crippen LogP contribution in [0.2, 0.25) is 5.15 Å². The molecule has 0 spiro atoms. The normalized spacial score (nSPS) is 10.7. The van der Waals surface area contributed by atoms with Crippen LogP contribution in [-0.2, 0) is 4.74 Å². The zero-order valence-electron chi connectivity index (χ0n) is 11.1. The molecule has 0 aliphatic carbocycles. The summed E-state index contributed by atoms with van der Waals surface area (Å²) < 4.78 is 5.44. The molecule has 0 bridgehead atoms. The van der Waals surface area contributed by atoms with Gasteiger partial charge in [-0.1, -0.05) is 25.4 Å². The van der Waals surface area contributed by atoms with Crippen LogP contribution in [0.4, 0.5) is 5.82 Å². The number of ether oxygens (including phenoxy) is 1. The van der Waals surface area contributed by atoms with Crippen molar-refractivity contribution in [3.8, 4) is 0 Å². The number of nitrogens with one attached hydrogen (secondary N) is 1. The van der Waals surface area contributed by atoms with Crippen LogP contribution in [0, 0.1) is 5.92 Å². The standard InChI is InChI=1S/C13H19ClN2O3/c1-9(2)8-19-5-3-4-15-12-7-10(13(17)18)6-11(14)16-12/h6-7,9H,3-5,8H2,1-2H3,(H,15,16)(H,17,18). The largest absolute Gasteiger partial charge is 0.478 e. The van der Waals surface area contributed by atoms with Crippen molar-refractivity contribution < 1.29 is 14.6 Å². The van der Waals surface area contributed by atoms with E-state index in [0.717, 1.165) is 13.0 Å². The van der Waals surface area contributed by atoms with Crippen molar-refractivity contribution in [2.75, 3.05) is 25.1 Å². The average molecular weight is 287 g/mol. The first kappa shape index (κ1) is 15.7. The summed E-state index contributed by atoms with van der Waals surface area (Å²) in [6, 6.07) is 2.78. The van der Waals surface area contributed by atoms with E-state index in [4.69, 9.17) is 21.4 Å².